The van der Waals surface area contributed by atoms with Crippen LogP contribution in [0.3, 0.4) is 0 Å². The van der Waals surface area contributed by atoms with Crippen molar-refractivity contribution in [2.75, 3.05) is 0 Å². The third-order valence-corrected chi connectivity index (χ3v) is 3.46. The Morgan fingerprint density at radius 3 is 2.13 bits per heavy atom. The van der Waals surface area contributed by atoms with Gasteiger partial charge in [-0.1, -0.05) is 6.92 Å². The molecule has 1 atom stereocenters. The normalized spacial score (nSPS) is 30.2. The van der Waals surface area contributed by atoms with E-state index in [9.17, 15) is 13.2 Å². The second-order valence-electron chi connectivity index (χ2n) is 4.33. The lowest BCUT2D eigenvalue weighted by Gasteiger charge is -2.33. The van der Waals surface area contributed by atoms with Crippen molar-refractivity contribution in [3.05, 3.63) is 0 Å². The minimum absolute atomic E-state index is 0.166. The van der Waals surface area contributed by atoms with Crippen LogP contribution in [0.1, 0.15) is 39.0 Å². The van der Waals surface area contributed by atoms with Crippen LogP contribution in [0, 0.1) is 11.8 Å². The molecule has 1 unspecified atom stereocenters. The van der Waals surface area contributed by atoms with Gasteiger partial charge in [0.15, 0.2) is 0 Å². The molecule has 90 valence electrons. The summed E-state index contributed by atoms with van der Waals surface area (Å²) in [4.78, 5) is 0. The minimum atomic E-state index is -4.01. The molecule has 3 N–H and O–H groups in total. The summed E-state index contributed by atoms with van der Waals surface area (Å²) in [6, 6.07) is 0.166. The molecule has 0 radical (unpaired) electrons. The van der Waals surface area contributed by atoms with Crippen molar-refractivity contribution in [2.24, 2.45) is 17.7 Å². The van der Waals surface area contributed by atoms with Crippen molar-refractivity contribution in [2.45, 2.75) is 51.2 Å². The van der Waals surface area contributed by atoms with E-state index in [-0.39, 0.29) is 18.9 Å². The van der Waals surface area contributed by atoms with Crippen LogP contribution in [-0.4, -0.2) is 12.2 Å². The molecule has 5 heteroatoms. The zero-order chi connectivity index (χ0) is 11.5. The molecule has 1 aliphatic carbocycles. The number of alkyl halides is 3. The second kappa shape index (κ2) is 5.16. The predicted octanol–water partition coefficient (Wildman–Crippen LogP) is 2.60. The number of nitrogens with one attached hydrogen (secondary N) is 1. The highest BCUT2D eigenvalue weighted by Crippen LogP contribution is 2.40. The quantitative estimate of drug-likeness (QED) is 0.571. The van der Waals surface area contributed by atoms with E-state index in [1.807, 2.05) is 6.92 Å². The molecule has 0 saturated heterocycles. The Bertz CT molecular complexity index is 182. The molecule has 0 bridgehead atoms. The number of nitrogens with two attached hydrogens (primary N) is 1. The van der Waals surface area contributed by atoms with Gasteiger partial charge in [0.25, 0.3) is 0 Å². The lowest BCUT2D eigenvalue weighted by Crippen LogP contribution is -2.42. The fourth-order valence-corrected chi connectivity index (χ4v) is 2.44. The lowest BCUT2D eigenvalue weighted by molar-refractivity contribution is -0.184. The summed E-state index contributed by atoms with van der Waals surface area (Å²) in [5.41, 5.74) is 2.69. The van der Waals surface area contributed by atoms with Crippen molar-refractivity contribution in [3.63, 3.8) is 0 Å². The molecule has 1 fully saturated rings. The van der Waals surface area contributed by atoms with Gasteiger partial charge in [-0.25, -0.2) is 0 Å². The highest BCUT2D eigenvalue weighted by atomic mass is 19.4. The van der Waals surface area contributed by atoms with Crippen LogP contribution in [0.15, 0.2) is 0 Å². The summed E-state index contributed by atoms with van der Waals surface area (Å²) in [7, 11) is 0. The van der Waals surface area contributed by atoms with Gasteiger partial charge in [0.05, 0.1) is 5.92 Å². The average Bonchev–Trinajstić information content (AvgIpc) is 2.19. The largest absolute Gasteiger partial charge is 0.391 e. The van der Waals surface area contributed by atoms with E-state index in [0.717, 1.165) is 6.42 Å². The molecule has 0 heterocycles. The maximum absolute atomic E-state index is 12.4. The van der Waals surface area contributed by atoms with Gasteiger partial charge < -0.3 is 0 Å². The first-order chi connectivity index (χ1) is 6.99. The predicted molar refractivity (Wildman–Crippen MR) is 52.9 cm³/mol. The van der Waals surface area contributed by atoms with Gasteiger partial charge in [-0.15, -0.1) is 0 Å². The highest BCUT2D eigenvalue weighted by molar-refractivity contribution is 4.82. The van der Waals surface area contributed by atoms with Crippen molar-refractivity contribution < 1.29 is 13.2 Å². The summed E-state index contributed by atoms with van der Waals surface area (Å²) >= 11 is 0. The Kier molecular flexibility index (Phi) is 4.40. The first-order valence-electron chi connectivity index (χ1n) is 5.51. The third kappa shape index (κ3) is 3.34. The van der Waals surface area contributed by atoms with Gasteiger partial charge in [0, 0.05) is 6.04 Å². The SMILES string of the molecule is CCC(NN)C1CCC(C(F)(F)F)CC1. The van der Waals surface area contributed by atoms with Crippen LogP contribution in [0.25, 0.3) is 0 Å². The van der Waals surface area contributed by atoms with E-state index in [4.69, 9.17) is 5.84 Å². The number of rotatable bonds is 3. The third-order valence-electron chi connectivity index (χ3n) is 3.46. The van der Waals surface area contributed by atoms with Crippen LogP contribution in [0.2, 0.25) is 0 Å². The summed E-state index contributed by atoms with van der Waals surface area (Å²) < 4.78 is 37.2. The Morgan fingerprint density at radius 1 is 1.27 bits per heavy atom. The molecule has 1 aliphatic rings. The lowest BCUT2D eigenvalue weighted by atomic mass is 9.78. The van der Waals surface area contributed by atoms with Crippen LogP contribution in [0.5, 0.6) is 0 Å². The Labute approximate surface area is 88.4 Å². The fourth-order valence-electron chi connectivity index (χ4n) is 2.44. The standard InChI is InChI=1S/C10H19F3N2/c1-2-9(15-14)7-3-5-8(6-4-7)10(11,12)13/h7-9,15H,2-6,14H2,1H3. The average molecular weight is 224 g/mol. The second-order valence-corrected chi connectivity index (χ2v) is 4.33. The van der Waals surface area contributed by atoms with Gasteiger partial charge in [-0.3, -0.25) is 11.3 Å². The Balaban J connectivity index is 2.42. The maximum atomic E-state index is 12.4. The van der Waals surface area contributed by atoms with Crippen molar-refractivity contribution >= 4 is 0 Å². The van der Waals surface area contributed by atoms with Gasteiger partial charge in [0.2, 0.25) is 0 Å². The molecular formula is C10H19F3N2. The number of hydrogen-bond donors (Lipinski definition) is 2. The van der Waals surface area contributed by atoms with E-state index >= 15 is 0 Å². The van der Waals surface area contributed by atoms with E-state index in [2.05, 4.69) is 5.43 Å². The molecule has 0 aromatic heterocycles. The van der Waals surface area contributed by atoms with E-state index in [0.29, 0.717) is 18.8 Å². The fraction of sp³-hybridized carbons (Fsp3) is 1.00. The first kappa shape index (κ1) is 12.8. The summed E-state index contributed by atoms with van der Waals surface area (Å²) in [6.45, 7) is 2.00. The Morgan fingerprint density at radius 2 is 1.80 bits per heavy atom. The van der Waals surface area contributed by atoms with Gasteiger partial charge in [-0.2, -0.15) is 13.2 Å². The molecule has 0 aromatic rings. The Hall–Kier alpha value is -0.290. The molecule has 1 rings (SSSR count). The van der Waals surface area contributed by atoms with Crippen LogP contribution in [0.4, 0.5) is 13.2 Å². The number of hydrazine groups is 1. The van der Waals surface area contributed by atoms with Crippen LogP contribution in [-0.2, 0) is 0 Å². The monoisotopic (exact) mass is 224 g/mol. The summed E-state index contributed by atoms with van der Waals surface area (Å²) in [5.74, 6) is 4.57. The first-order valence-corrected chi connectivity index (χ1v) is 5.51. The molecule has 1 saturated carbocycles. The van der Waals surface area contributed by atoms with Crippen molar-refractivity contribution in [1.82, 2.24) is 5.43 Å². The topological polar surface area (TPSA) is 38.0 Å². The molecule has 0 aromatic carbocycles. The number of halogens is 3. The van der Waals surface area contributed by atoms with Crippen molar-refractivity contribution in [3.8, 4) is 0 Å². The minimum Gasteiger partial charge on any atom is -0.271 e. The number of hydrogen-bond acceptors (Lipinski definition) is 2. The van der Waals surface area contributed by atoms with Crippen molar-refractivity contribution in [1.29, 1.82) is 0 Å². The molecule has 0 spiro atoms. The highest BCUT2D eigenvalue weighted by Gasteiger charge is 2.42. The molecule has 2 nitrogen and oxygen atoms in total. The molecule has 15 heavy (non-hydrogen) atoms. The van der Waals surface area contributed by atoms with Gasteiger partial charge in [-0.05, 0) is 38.0 Å². The van der Waals surface area contributed by atoms with Gasteiger partial charge >= 0.3 is 6.18 Å². The van der Waals surface area contributed by atoms with Crippen LogP contribution < -0.4 is 11.3 Å². The van der Waals surface area contributed by atoms with E-state index < -0.39 is 12.1 Å². The molecule has 0 aliphatic heterocycles. The smallest absolute Gasteiger partial charge is 0.271 e. The van der Waals surface area contributed by atoms with E-state index in [1.165, 1.54) is 0 Å². The summed E-state index contributed by atoms with van der Waals surface area (Å²) in [6.07, 6.45) is -1.36. The van der Waals surface area contributed by atoms with Gasteiger partial charge in [0.1, 0.15) is 0 Å². The van der Waals surface area contributed by atoms with Crippen LogP contribution >= 0.6 is 0 Å². The zero-order valence-corrected chi connectivity index (χ0v) is 8.98. The zero-order valence-electron chi connectivity index (χ0n) is 8.98. The molecule has 0 amide bonds. The van der Waals surface area contributed by atoms with E-state index in [1.54, 1.807) is 0 Å². The molecular weight excluding hydrogens is 205 g/mol. The maximum Gasteiger partial charge on any atom is 0.391 e. The summed E-state index contributed by atoms with van der Waals surface area (Å²) in [5, 5.41) is 0.